The lowest BCUT2D eigenvalue weighted by molar-refractivity contribution is -0.119. The summed E-state index contributed by atoms with van der Waals surface area (Å²) >= 11 is 6.11. The van der Waals surface area contributed by atoms with Gasteiger partial charge in [-0.15, -0.1) is 0 Å². The number of anilines is 1. The van der Waals surface area contributed by atoms with Crippen LogP contribution >= 0.6 is 11.6 Å². The van der Waals surface area contributed by atoms with Gasteiger partial charge in [-0.2, -0.15) is 0 Å². The van der Waals surface area contributed by atoms with Gasteiger partial charge in [-0.1, -0.05) is 11.6 Å². The molecule has 0 aromatic carbocycles. The van der Waals surface area contributed by atoms with E-state index in [1.165, 1.54) is 0 Å². The van der Waals surface area contributed by atoms with E-state index in [4.69, 9.17) is 17.3 Å². The fourth-order valence-corrected chi connectivity index (χ4v) is 1.60. The fraction of sp³-hybridized carbons (Fsp3) is 0.400. The van der Waals surface area contributed by atoms with Crippen LogP contribution in [0.15, 0.2) is 12.3 Å². The summed E-state index contributed by atoms with van der Waals surface area (Å²) in [7, 11) is 3.34. The molecule has 1 aromatic rings. The number of pyridine rings is 1. The smallest absolute Gasteiger partial charge is 0.239 e. The van der Waals surface area contributed by atoms with E-state index in [0.717, 1.165) is 5.56 Å². The molecule has 16 heavy (non-hydrogen) atoms. The predicted octanol–water partition coefficient (Wildman–Crippen LogP) is 0.376. The lowest BCUT2D eigenvalue weighted by atomic mass is 10.2. The number of hydrogen-bond acceptors (Lipinski definition) is 4. The van der Waals surface area contributed by atoms with Crippen LogP contribution in [0.1, 0.15) is 5.56 Å². The van der Waals surface area contributed by atoms with Crippen molar-refractivity contribution in [2.45, 2.75) is 6.54 Å². The summed E-state index contributed by atoms with van der Waals surface area (Å²) in [4.78, 5) is 17.0. The first-order valence-corrected chi connectivity index (χ1v) is 5.23. The molecular weight excluding hydrogens is 228 g/mol. The molecule has 0 fully saturated rings. The van der Waals surface area contributed by atoms with Gasteiger partial charge in [0.25, 0.3) is 0 Å². The molecule has 6 heteroatoms. The molecule has 5 nitrogen and oxygen atoms in total. The maximum Gasteiger partial charge on any atom is 0.239 e. The highest BCUT2D eigenvalue weighted by Crippen LogP contribution is 2.25. The Morgan fingerprint density at radius 2 is 2.38 bits per heavy atom. The van der Waals surface area contributed by atoms with Crippen LogP contribution in [0.2, 0.25) is 5.02 Å². The second kappa shape index (κ2) is 5.67. The third-order valence-electron chi connectivity index (χ3n) is 2.19. The Bertz CT molecular complexity index is 383. The summed E-state index contributed by atoms with van der Waals surface area (Å²) in [5.41, 5.74) is 6.35. The van der Waals surface area contributed by atoms with Gasteiger partial charge in [-0.25, -0.2) is 4.98 Å². The van der Waals surface area contributed by atoms with Crippen LogP contribution in [-0.4, -0.2) is 31.5 Å². The van der Waals surface area contributed by atoms with E-state index in [2.05, 4.69) is 10.3 Å². The van der Waals surface area contributed by atoms with Crippen molar-refractivity contribution in [1.29, 1.82) is 0 Å². The summed E-state index contributed by atoms with van der Waals surface area (Å²) in [6, 6.07) is 1.76. The van der Waals surface area contributed by atoms with E-state index < -0.39 is 0 Å². The van der Waals surface area contributed by atoms with Gasteiger partial charge in [0.2, 0.25) is 5.91 Å². The quantitative estimate of drug-likeness (QED) is 0.801. The maximum absolute atomic E-state index is 11.2. The van der Waals surface area contributed by atoms with Gasteiger partial charge in [0.05, 0.1) is 11.6 Å². The molecule has 1 heterocycles. The minimum atomic E-state index is -0.0986. The van der Waals surface area contributed by atoms with E-state index >= 15 is 0 Å². The number of nitrogens with zero attached hydrogens (tertiary/aromatic N) is 2. The van der Waals surface area contributed by atoms with E-state index in [-0.39, 0.29) is 12.5 Å². The van der Waals surface area contributed by atoms with Crippen LogP contribution < -0.4 is 16.0 Å². The molecule has 1 rings (SSSR count). The topological polar surface area (TPSA) is 71.2 Å². The van der Waals surface area contributed by atoms with Crippen molar-refractivity contribution in [1.82, 2.24) is 10.3 Å². The van der Waals surface area contributed by atoms with E-state index in [1.54, 1.807) is 31.3 Å². The Morgan fingerprint density at radius 3 is 2.94 bits per heavy atom. The van der Waals surface area contributed by atoms with Crippen LogP contribution in [0, 0.1) is 0 Å². The van der Waals surface area contributed by atoms with E-state index in [0.29, 0.717) is 17.4 Å². The lowest BCUT2D eigenvalue weighted by Crippen LogP contribution is -2.33. The van der Waals surface area contributed by atoms with Crippen LogP contribution in [0.25, 0.3) is 0 Å². The largest absolute Gasteiger partial charge is 0.358 e. The van der Waals surface area contributed by atoms with Crippen LogP contribution in [0.5, 0.6) is 0 Å². The number of rotatable bonds is 4. The molecule has 0 aliphatic rings. The molecular formula is C10H15ClN4O. The average Bonchev–Trinajstić information content (AvgIpc) is 2.29. The first-order valence-electron chi connectivity index (χ1n) is 4.85. The third kappa shape index (κ3) is 2.84. The molecule has 0 unspecified atom stereocenters. The summed E-state index contributed by atoms with van der Waals surface area (Å²) in [6.07, 6.45) is 1.63. The predicted molar refractivity (Wildman–Crippen MR) is 64.5 cm³/mol. The van der Waals surface area contributed by atoms with Gasteiger partial charge in [0.1, 0.15) is 5.82 Å². The molecule has 0 aliphatic heterocycles. The zero-order valence-corrected chi connectivity index (χ0v) is 10.1. The molecule has 1 amide bonds. The van der Waals surface area contributed by atoms with Crippen molar-refractivity contribution in [2.75, 3.05) is 25.5 Å². The van der Waals surface area contributed by atoms with Gasteiger partial charge >= 0.3 is 0 Å². The molecule has 0 bridgehead atoms. The fourth-order valence-electron chi connectivity index (χ4n) is 1.26. The van der Waals surface area contributed by atoms with Crippen molar-refractivity contribution in [3.8, 4) is 0 Å². The number of halogens is 1. The molecule has 0 aliphatic carbocycles. The van der Waals surface area contributed by atoms with Crippen LogP contribution in [0.3, 0.4) is 0 Å². The number of hydrogen-bond donors (Lipinski definition) is 2. The van der Waals surface area contributed by atoms with E-state index in [9.17, 15) is 4.79 Å². The summed E-state index contributed by atoms with van der Waals surface area (Å²) in [5.74, 6) is 0.465. The molecule has 1 aromatic heterocycles. The zero-order valence-electron chi connectivity index (χ0n) is 9.33. The first-order chi connectivity index (χ1) is 7.60. The highest BCUT2D eigenvalue weighted by atomic mass is 35.5. The van der Waals surface area contributed by atoms with Crippen molar-refractivity contribution in [2.24, 2.45) is 5.73 Å². The monoisotopic (exact) mass is 242 g/mol. The zero-order chi connectivity index (χ0) is 12.1. The molecule has 0 saturated heterocycles. The van der Waals surface area contributed by atoms with E-state index in [1.807, 2.05) is 0 Å². The molecule has 0 spiro atoms. The van der Waals surface area contributed by atoms with Crippen molar-refractivity contribution < 1.29 is 4.79 Å². The lowest BCUT2D eigenvalue weighted by Gasteiger charge is -2.19. The van der Waals surface area contributed by atoms with Gasteiger partial charge in [0, 0.05) is 26.8 Å². The second-order valence-corrected chi connectivity index (χ2v) is 3.72. The number of likely N-dealkylation sites (N-methyl/N-ethyl adjacent to an activating group) is 2. The Morgan fingerprint density at radius 1 is 1.69 bits per heavy atom. The van der Waals surface area contributed by atoms with Gasteiger partial charge in [-0.05, 0) is 11.6 Å². The number of carbonyl (C=O) groups is 1. The number of nitrogens with two attached hydrogens (primary N) is 1. The number of aromatic nitrogens is 1. The standard InChI is InChI=1S/C10H15ClN4O/c1-13-8(16)6-15(2)10-9(11)7(5-12)3-4-14-10/h3-4H,5-6,12H2,1-2H3,(H,13,16). The molecule has 0 radical (unpaired) electrons. The molecule has 3 N–H and O–H groups in total. The second-order valence-electron chi connectivity index (χ2n) is 3.34. The highest BCUT2D eigenvalue weighted by Gasteiger charge is 2.12. The van der Waals surface area contributed by atoms with Crippen molar-refractivity contribution in [3.63, 3.8) is 0 Å². The van der Waals surface area contributed by atoms with Gasteiger partial charge < -0.3 is 16.0 Å². The SMILES string of the molecule is CNC(=O)CN(C)c1nccc(CN)c1Cl. The van der Waals surface area contributed by atoms with Crippen LogP contribution in [0.4, 0.5) is 5.82 Å². The van der Waals surface area contributed by atoms with Crippen molar-refractivity contribution >= 4 is 23.3 Å². The highest BCUT2D eigenvalue weighted by molar-refractivity contribution is 6.33. The Hall–Kier alpha value is -1.33. The van der Waals surface area contributed by atoms with Gasteiger partial charge in [-0.3, -0.25) is 4.79 Å². The first kappa shape index (κ1) is 12.7. The summed E-state index contributed by atoms with van der Waals surface area (Å²) < 4.78 is 0. The summed E-state index contributed by atoms with van der Waals surface area (Å²) in [5, 5.41) is 3.03. The van der Waals surface area contributed by atoms with Crippen molar-refractivity contribution in [3.05, 3.63) is 22.8 Å². The number of amides is 1. The molecule has 88 valence electrons. The minimum absolute atomic E-state index is 0.0986. The Kier molecular flexibility index (Phi) is 4.52. The Labute approximate surface area is 99.6 Å². The third-order valence-corrected chi connectivity index (χ3v) is 2.60. The Balaban J connectivity index is 2.91. The molecule has 0 atom stereocenters. The van der Waals surface area contributed by atoms with Crippen LogP contribution in [-0.2, 0) is 11.3 Å². The molecule has 0 saturated carbocycles. The number of nitrogens with one attached hydrogen (secondary N) is 1. The number of carbonyl (C=O) groups excluding carboxylic acids is 1. The summed E-state index contributed by atoms with van der Waals surface area (Å²) in [6.45, 7) is 0.555. The minimum Gasteiger partial charge on any atom is -0.358 e. The normalized spacial score (nSPS) is 10.0. The van der Waals surface area contributed by atoms with Gasteiger partial charge in [0.15, 0.2) is 0 Å². The average molecular weight is 243 g/mol. The maximum atomic E-state index is 11.2.